The van der Waals surface area contributed by atoms with Crippen LogP contribution in [-0.4, -0.2) is 46.5 Å². The quantitative estimate of drug-likeness (QED) is 0.666. The summed E-state index contributed by atoms with van der Waals surface area (Å²) >= 11 is 0. The maximum absolute atomic E-state index is 14.0. The van der Waals surface area contributed by atoms with Crippen molar-refractivity contribution in [3.05, 3.63) is 71.7 Å². The van der Waals surface area contributed by atoms with Crippen LogP contribution in [0.1, 0.15) is 35.4 Å². The highest BCUT2D eigenvalue weighted by atomic mass is 19.1. The number of nitrogens with zero attached hydrogens (tertiary/aromatic N) is 2. The van der Waals surface area contributed by atoms with E-state index in [2.05, 4.69) is 10.6 Å². The Balaban J connectivity index is 1.61. The predicted octanol–water partition coefficient (Wildman–Crippen LogP) is 3.00. The van der Waals surface area contributed by atoms with Crippen molar-refractivity contribution in [1.29, 1.82) is 0 Å². The molecule has 0 unspecified atom stereocenters. The van der Waals surface area contributed by atoms with Gasteiger partial charge in [-0.2, -0.15) is 0 Å². The minimum absolute atomic E-state index is 0.0404. The fourth-order valence-corrected chi connectivity index (χ4v) is 5.66. The lowest BCUT2D eigenvalue weighted by molar-refractivity contribution is -0.121. The predicted molar refractivity (Wildman–Crippen MR) is 121 cm³/mol. The minimum Gasteiger partial charge on any atom is -0.349 e. The molecule has 5 rings (SSSR count). The van der Waals surface area contributed by atoms with Crippen LogP contribution in [0.2, 0.25) is 0 Å². The van der Waals surface area contributed by atoms with E-state index in [1.807, 2.05) is 46.8 Å². The Morgan fingerprint density at radius 3 is 2.69 bits per heavy atom. The highest BCUT2D eigenvalue weighted by Gasteiger charge is 2.56. The van der Waals surface area contributed by atoms with E-state index in [-0.39, 0.29) is 29.6 Å². The summed E-state index contributed by atoms with van der Waals surface area (Å²) in [4.78, 5) is 28.0. The first kappa shape index (κ1) is 20.7. The molecule has 2 N–H and O–H groups in total. The minimum atomic E-state index is -0.482. The molecule has 7 heteroatoms. The van der Waals surface area contributed by atoms with E-state index in [0.717, 1.165) is 24.0 Å². The molecule has 3 heterocycles. The van der Waals surface area contributed by atoms with E-state index in [4.69, 9.17) is 0 Å². The van der Waals surface area contributed by atoms with Crippen LogP contribution in [0, 0.1) is 11.7 Å². The molecule has 3 atom stereocenters. The standard InChI is InChI=1S/C25H27FN4O2/c1-16(31)28-25-10-11-27-14-20(25)23(17-6-4-3-5-7-17)30(15-25)24(32)22-13-18-12-19(26)8-9-21(18)29(22)2/h3-9,12-13,20,23,27H,10-11,14-15H2,1-2H3,(H,28,31)/t20-,23-,25-/m1/s1. The molecule has 0 bridgehead atoms. The zero-order valence-electron chi connectivity index (χ0n) is 18.3. The number of rotatable bonds is 3. The molecule has 2 aliphatic heterocycles. The van der Waals surface area contributed by atoms with E-state index in [1.165, 1.54) is 19.1 Å². The lowest BCUT2D eigenvalue weighted by Gasteiger charge is -2.40. The molecule has 1 aromatic heterocycles. The number of aromatic nitrogens is 1. The Bertz CT molecular complexity index is 1190. The Hall–Kier alpha value is -3.19. The Morgan fingerprint density at radius 1 is 1.16 bits per heavy atom. The van der Waals surface area contributed by atoms with Gasteiger partial charge in [0.25, 0.3) is 5.91 Å². The number of hydrogen-bond donors (Lipinski definition) is 2. The van der Waals surface area contributed by atoms with E-state index >= 15 is 0 Å². The molecule has 32 heavy (non-hydrogen) atoms. The van der Waals surface area contributed by atoms with E-state index < -0.39 is 5.54 Å². The summed E-state index contributed by atoms with van der Waals surface area (Å²) in [5.74, 6) is -0.485. The maximum Gasteiger partial charge on any atom is 0.271 e. The van der Waals surface area contributed by atoms with E-state index in [0.29, 0.717) is 24.2 Å². The van der Waals surface area contributed by atoms with Crippen molar-refractivity contribution >= 4 is 22.7 Å². The summed E-state index contributed by atoms with van der Waals surface area (Å²) in [5, 5.41) is 7.37. The van der Waals surface area contributed by atoms with Gasteiger partial charge in [0, 0.05) is 43.9 Å². The van der Waals surface area contributed by atoms with Crippen molar-refractivity contribution < 1.29 is 14.0 Å². The highest BCUT2D eigenvalue weighted by molar-refractivity contribution is 5.99. The van der Waals surface area contributed by atoms with Gasteiger partial charge in [-0.15, -0.1) is 0 Å². The molecule has 3 aromatic rings. The van der Waals surface area contributed by atoms with Crippen molar-refractivity contribution in [2.45, 2.75) is 24.9 Å². The number of fused-ring (bicyclic) bond motifs is 2. The first-order valence-corrected chi connectivity index (χ1v) is 11.0. The summed E-state index contributed by atoms with van der Waals surface area (Å²) < 4.78 is 15.6. The van der Waals surface area contributed by atoms with Gasteiger partial charge in [0.1, 0.15) is 11.5 Å². The van der Waals surface area contributed by atoms with E-state index in [1.54, 1.807) is 12.1 Å². The van der Waals surface area contributed by atoms with Crippen LogP contribution < -0.4 is 10.6 Å². The molecule has 0 radical (unpaired) electrons. The third-order valence-corrected chi connectivity index (χ3v) is 7.04. The van der Waals surface area contributed by atoms with Gasteiger partial charge in [0.05, 0.1) is 11.6 Å². The number of nitrogens with one attached hydrogen (secondary N) is 2. The molecule has 0 aliphatic carbocycles. The van der Waals surface area contributed by atoms with Crippen LogP contribution in [0.15, 0.2) is 54.6 Å². The van der Waals surface area contributed by atoms with Gasteiger partial charge in [-0.25, -0.2) is 4.39 Å². The third kappa shape index (κ3) is 3.28. The number of aryl methyl sites for hydroxylation is 1. The Morgan fingerprint density at radius 2 is 1.94 bits per heavy atom. The fourth-order valence-electron chi connectivity index (χ4n) is 5.66. The van der Waals surface area contributed by atoms with Crippen molar-refractivity contribution in [3.63, 3.8) is 0 Å². The summed E-state index contributed by atoms with van der Waals surface area (Å²) in [6.07, 6.45) is 0.755. The molecule has 166 valence electrons. The average molecular weight is 435 g/mol. The Kier molecular flexibility index (Phi) is 5.01. The van der Waals surface area contributed by atoms with Crippen LogP contribution in [0.5, 0.6) is 0 Å². The first-order chi connectivity index (χ1) is 15.4. The number of carbonyl (C=O) groups is 2. The van der Waals surface area contributed by atoms with Gasteiger partial charge in [-0.1, -0.05) is 30.3 Å². The second-order valence-electron chi connectivity index (χ2n) is 8.98. The molecule has 6 nitrogen and oxygen atoms in total. The smallest absolute Gasteiger partial charge is 0.271 e. The largest absolute Gasteiger partial charge is 0.349 e. The van der Waals surface area contributed by atoms with Crippen LogP contribution in [0.3, 0.4) is 0 Å². The van der Waals surface area contributed by atoms with E-state index in [9.17, 15) is 14.0 Å². The number of halogens is 1. The summed E-state index contributed by atoms with van der Waals surface area (Å²) in [6, 6.07) is 16.1. The number of amides is 2. The number of likely N-dealkylation sites (tertiary alicyclic amines) is 1. The number of piperidine rings is 1. The molecule has 2 aliphatic rings. The second kappa shape index (κ2) is 7.74. The summed E-state index contributed by atoms with van der Waals surface area (Å²) in [6.45, 7) is 3.47. The summed E-state index contributed by atoms with van der Waals surface area (Å²) in [5.41, 5.74) is 1.88. The lowest BCUT2D eigenvalue weighted by Crippen LogP contribution is -2.60. The number of benzene rings is 2. The van der Waals surface area contributed by atoms with Gasteiger partial charge in [0.15, 0.2) is 0 Å². The first-order valence-electron chi connectivity index (χ1n) is 11.0. The molecule has 0 saturated carbocycles. The van der Waals surface area contributed by atoms with Crippen molar-refractivity contribution in [1.82, 2.24) is 20.1 Å². The van der Waals surface area contributed by atoms with Crippen molar-refractivity contribution in [2.75, 3.05) is 19.6 Å². The van der Waals surface area contributed by atoms with Crippen LogP contribution in [-0.2, 0) is 11.8 Å². The van der Waals surface area contributed by atoms with Crippen molar-refractivity contribution in [2.24, 2.45) is 13.0 Å². The zero-order chi connectivity index (χ0) is 22.5. The van der Waals surface area contributed by atoms with Gasteiger partial charge >= 0.3 is 0 Å². The number of carbonyl (C=O) groups excluding carboxylic acids is 2. The highest BCUT2D eigenvalue weighted by Crippen LogP contribution is 2.46. The number of hydrogen-bond acceptors (Lipinski definition) is 3. The normalized spacial score (nSPS) is 25.0. The van der Waals surface area contributed by atoms with Crippen LogP contribution in [0.25, 0.3) is 10.9 Å². The molecule has 0 spiro atoms. The molecule has 2 aromatic carbocycles. The molecule has 2 saturated heterocycles. The molecule has 2 amide bonds. The van der Waals surface area contributed by atoms with Crippen LogP contribution in [0.4, 0.5) is 4.39 Å². The fraction of sp³-hybridized carbons (Fsp3) is 0.360. The molecular weight excluding hydrogens is 407 g/mol. The maximum atomic E-state index is 14.0. The zero-order valence-corrected chi connectivity index (χ0v) is 18.3. The SMILES string of the molecule is CC(=O)N[C@@]12CCNC[C@@H]1[C@@H](c1ccccc1)N(C(=O)c1cc3cc(F)ccc3n1C)C2. The van der Waals surface area contributed by atoms with Gasteiger partial charge < -0.3 is 20.1 Å². The topological polar surface area (TPSA) is 66.4 Å². The summed E-state index contributed by atoms with van der Waals surface area (Å²) in [7, 11) is 1.83. The second-order valence-corrected chi connectivity index (χ2v) is 8.98. The van der Waals surface area contributed by atoms with Gasteiger partial charge in [0.2, 0.25) is 5.91 Å². The average Bonchev–Trinajstić information content (AvgIpc) is 3.28. The van der Waals surface area contributed by atoms with Crippen molar-refractivity contribution in [3.8, 4) is 0 Å². The third-order valence-electron chi connectivity index (χ3n) is 7.04. The molecular formula is C25H27FN4O2. The Labute approximate surface area is 186 Å². The van der Waals surface area contributed by atoms with Gasteiger partial charge in [-0.05, 0) is 42.8 Å². The molecule has 2 fully saturated rings. The lowest BCUT2D eigenvalue weighted by atomic mass is 9.76. The monoisotopic (exact) mass is 434 g/mol. The van der Waals surface area contributed by atoms with Crippen LogP contribution >= 0.6 is 0 Å². The van der Waals surface area contributed by atoms with Gasteiger partial charge in [-0.3, -0.25) is 9.59 Å².